The molecule has 0 aromatic carbocycles. The molecule has 3 rings (SSSR count). The minimum atomic E-state index is -0.397. The Balaban J connectivity index is 1.73. The lowest BCUT2D eigenvalue weighted by Gasteiger charge is -2.32. The van der Waals surface area contributed by atoms with E-state index < -0.39 is 7.12 Å². The summed E-state index contributed by atoms with van der Waals surface area (Å²) >= 11 is 0. The third-order valence-corrected chi connectivity index (χ3v) is 4.74. The molecular formula is C15H23BN2O3. The summed E-state index contributed by atoms with van der Waals surface area (Å²) in [5.74, 6) is 1.17. The number of hydrogen-bond acceptors (Lipinski definition) is 5. The van der Waals surface area contributed by atoms with Crippen LogP contribution in [0.1, 0.15) is 52.3 Å². The number of rotatable bonds is 2. The van der Waals surface area contributed by atoms with E-state index in [2.05, 4.69) is 9.97 Å². The van der Waals surface area contributed by atoms with Gasteiger partial charge in [0.2, 0.25) is 0 Å². The predicted molar refractivity (Wildman–Crippen MR) is 80.5 cm³/mol. The molecule has 1 atom stereocenters. The van der Waals surface area contributed by atoms with Gasteiger partial charge in [-0.1, -0.05) is 0 Å². The van der Waals surface area contributed by atoms with E-state index >= 15 is 0 Å². The second-order valence-electron chi connectivity index (χ2n) is 6.88. The minimum Gasteiger partial charge on any atom is -0.399 e. The van der Waals surface area contributed by atoms with Crippen LogP contribution < -0.4 is 5.46 Å². The Labute approximate surface area is 126 Å². The van der Waals surface area contributed by atoms with Gasteiger partial charge in [-0.15, -0.1) is 0 Å². The average Bonchev–Trinajstić information content (AvgIpc) is 2.69. The molecule has 2 fully saturated rings. The summed E-state index contributed by atoms with van der Waals surface area (Å²) in [5, 5.41) is 0. The number of nitrogens with zero attached hydrogens (tertiary/aromatic N) is 2. The molecule has 21 heavy (non-hydrogen) atoms. The fraction of sp³-hybridized carbons (Fsp3) is 0.733. The van der Waals surface area contributed by atoms with Gasteiger partial charge in [0.05, 0.1) is 17.8 Å². The maximum atomic E-state index is 6.01. The van der Waals surface area contributed by atoms with Crippen LogP contribution in [-0.2, 0) is 14.0 Å². The Morgan fingerprint density at radius 1 is 1.10 bits per heavy atom. The van der Waals surface area contributed by atoms with Crippen molar-refractivity contribution in [1.29, 1.82) is 0 Å². The van der Waals surface area contributed by atoms with Crippen LogP contribution in [0, 0.1) is 0 Å². The molecule has 2 aliphatic heterocycles. The second-order valence-corrected chi connectivity index (χ2v) is 6.88. The van der Waals surface area contributed by atoms with Crippen LogP contribution in [0.5, 0.6) is 0 Å². The van der Waals surface area contributed by atoms with Crippen molar-refractivity contribution < 1.29 is 14.0 Å². The first kappa shape index (κ1) is 14.9. The second kappa shape index (κ2) is 5.34. The Bertz CT molecular complexity index is 482. The zero-order valence-corrected chi connectivity index (χ0v) is 13.3. The largest absolute Gasteiger partial charge is 0.498 e. The highest BCUT2D eigenvalue weighted by molar-refractivity contribution is 6.61. The first-order valence-corrected chi connectivity index (χ1v) is 7.64. The molecule has 1 aromatic heterocycles. The summed E-state index contributed by atoms with van der Waals surface area (Å²) in [7, 11) is -0.397. The van der Waals surface area contributed by atoms with E-state index in [9.17, 15) is 0 Å². The maximum absolute atomic E-state index is 6.01. The van der Waals surface area contributed by atoms with Crippen molar-refractivity contribution >= 4 is 12.6 Å². The van der Waals surface area contributed by atoms with E-state index in [1.165, 1.54) is 0 Å². The van der Waals surface area contributed by atoms with Gasteiger partial charge in [-0.05, 0) is 40.5 Å². The van der Waals surface area contributed by atoms with Crippen LogP contribution in [0.25, 0.3) is 0 Å². The summed E-state index contributed by atoms with van der Waals surface area (Å²) in [6, 6.07) is 0. The van der Waals surface area contributed by atoms with Crippen molar-refractivity contribution in [2.45, 2.75) is 57.7 Å². The lowest BCUT2D eigenvalue weighted by Crippen LogP contribution is -2.41. The summed E-state index contributed by atoms with van der Waals surface area (Å²) in [6.45, 7) is 9.74. The molecule has 1 unspecified atom stereocenters. The molecule has 0 N–H and O–H groups in total. The van der Waals surface area contributed by atoms with Crippen LogP contribution in [-0.4, -0.2) is 41.5 Å². The topological polar surface area (TPSA) is 53.5 Å². The van der Waals surface area contributed by atoms with Crippen molar-refractivity contribution in [2.24, 2.45) is 0 Å². The normalized spacial score (nSPS) is 27.8. The maximum Gasteiger partial charge on any atom is 0.498 e. The Kier molecular flexibility index (Phi) is 3.80. The monoisotopic (exact) mass is 290 g/mol. The highest BCUT2D eigenvalue weighted by Gasteiger charge is 2.51. The Hall–Kier alpha value is -0.975. The Morgan fingerprint density at radius 2 is 1.71 bits per heavy atom. The van der Waals surface area contributed by atoms with Gasteiger partial charge in [-0.2, -0.15) is 0 Å². The van der Waals surface area contributed by atoms with Gasteiger partial charge in [0.1, 0.15) is 5.82 Å². The molecule has 0 radical (unpaired) electrons. The van der Waals surface area contributed by atoms with Crippen molar-refractivity contribution in [2.75, 3.05) is 13.2 Å². The first-order valence-electron chi connectivity index (χ1n) is 7.64. The van der Waals surface area contributed by atoms with Crippen LogP contribution in [0.4, 0.5) is 0 Å². The van der Waals surface area contributed by atoms with Crippen LogP contribution >= 0.6 is 0 Å². The molecule has 2 aliphatic rings. The highest BCUT2D eigenvalue weighted by Crippen LogP contribution is 2.36. The average molecular weight is 290 g/mol. The number of hydrogen-bond donors (Lipinski definition) is 0. The lowest BCUT2D eigenvalue weighted by atomic mass is 9.81. The van der Waals surface area contributed by atoms with Gasteiger partial charge in [-0.3, -0.25) is 0 Å². The molecule has 0 bridgehead atoms. The fourth-order valence-electron chi connectivity index (χ4n) is 2.60. The standard InChI is InChI=1S/C15H23BN2O3/c1-14(2)15(3,4)21-16(20-14)12-8-17-13(18-9-12)11-6-5-7-19-10-11/h8-9,11H,5-7,10H2,1-4H3. The number of aromatic nitrogens is 2. The van der Waals surface area contributed by atoms with Crippen molar-refractivity contribution in [3.8, 4) is 0 Å². The Morgan fingerprint density at radius 3 is 2.24 bits per heavy atom. The summed E-state index contributed by atoms with van der Waals surface area (Å²) in [5.41, 5.74) is 0.190. The van der Waals surface area contributed by atoms with Crippen molar-refractivity contribution in [3.05, 3.63) is 18.2 Å². The van der Waals surface area contributed by atoms with E-state index in [-0.39, 0.29) is 11.2 Å². The molecule has 114 valence electrons. The van der Waals surface area contributed by atoms with E-state index in [1.54, 1.807) is 0 Å². The van der Waals surface area contributed by atoms with E-state index in [0.717, 1.165) is 37.3 Å². The van der Waals surface area contributed by atoms with Gasteiger partial charge < -0.3 is 14.0 Å². The summed E-state index contributed by atoms with van der Waals surface area (Å²) in [4.78, 5) is 8.98. The van der Waals surface area contributed by atoms with E-state index in [0.29, 0.717) is 5.92 Å². The fourth-order valence-corrected chi connectivity index (χ4v) is 2.60. The SMILES string of the molecule is CC1(C)OB(c2cnc(C3CCCOC3)nc2)OC1(C)C. The molecule has 0 saturated carbocycles. The van der Waals surface area contributed by atoms with Gasteiger partial charge >= 0.3 is 7.12 Å². The molecule has 1 aromatic rings. The van der Waals surface area contributed by atoms with Crippen LogP contribution in [0.15, 0.2) is 12.4 Å². The number of ether oxygens (including phenoxy) is 1. The van der Waals surface area contributed by atoms with Crippen LogP contribution in [0.2, 0.25) is 0 Å². The van der Waals surface area contributed by atoms with Gasteiger partial charge in [0.25, 0.3) is 0 Å². The van der Waals surface area contributed by atoms with Crippen LogP contribution in [0.3, 0.4) is 0 Å². The third-order valence-electron chi connectivity index (χ3n) is 4.74. The molecule has 5 nitrogen and oxygen atoms in total. The molecule has 3 heterocycles. The lowest BCUT2D eigenvalue weighted by molar-refractivity contribution is 0.00578. The van der Waals surface area contributed by atoms with Gasteiger partial charge in [0, 0.05) is 30.4 Å². The molecule has 6 heteroatoms. The quantitative estimate of drug-likeness (QED) is 0.776. The predicted octanol–water partition coefficient (Wildman–Crippen LogP) is 1.67. The summed E-state index contributed by atoms with van der Waals surface area (Å²) in [6.07, 6.45) is 5.81. The minimum absolute atomic E-state index is 0.311. The van der Waals surface area contributed by atoms with E-state index in [1.807, 2.05) is 40.1 Å². The molecule has 0 amide bonds. The smallest absolute Gasteiger partial charge is 0.399 e. The third kappa shape index (κ3) is 2.85. The highest BCUT2D eigenvalue weighted by atomic mass is 16.7. The zero-order valence-electron chi connectivity index (χ0n) is 13.3. The van der Waals surface area contributed by atoms with Gasteiger partial charge in [0.15, 0.2) is 0 Å². The molecule has 2 saturated heterocycles. The van der Waals surface area contributed by atoms with E-state index in [4.69, 9.17) is 14.0 Å². The first-order chi connectivity index (χ1) is 9.89. The van der Waals surface area contributed by atoms with Gasteiger partial charge in [-0.25, -0.2) is 9.97 Å². The zero-order chi connectivity index (χ0) is 15.1. The molecule has 0 spiro atoms. The van der Waals surface area contributed by atoms with Crippen molar-refractivity contribution in [1.82, 2.24) is 9.97 Å². The molecular weight excluding hydrogens is 267 g/mol. The molecule has 0 aliphatic carbocycles. The summed E-state index contributed by atoms with van der Waals surface area (Å²) < 4.78 is 17.5. The van der Waals surface area contributed by atoms with Crippen molar-refractivity contribution in [3.63, 3.8) is 0 Å².